The maximum absolute atomic E-state index is 13.5. The van der Waals surface area contributed by atoms with Crippen LogP contribution in [0.15, 0.2) is 30.6 Å². The standard InChI is InChI=1S/C15H15F2N/c16-8-7-11-1-3-12(4-2-11)13-5-6-14(10-18)15(17)9-13/h5-9,11-12H,1-4H2/t11-,12-. The van der Waals surface area contributed by atoms with E-state index in [1.165, 1.54) is 12.1 Å². The molecule has 1 aliphatic carbocycles. The number of nitriles is 1. The number of rotatable bonds is 2. The highest BCUT2D eigenvalue weighted by molar-refractivity contribution is 5.34. The number of hydrogen-bond acceptors (Lipinski definition) is 1. The Labute approximate surface area is 106 Å². The van der Waals surface area contributed by atoms with Gasteiger partial charge in [-0.1, -0.05) is 12.1 Å². The third kappa shape index (κ3) is 2.76. The number of hydrogen-bond donors (Lipinski definition) is 0. The van der Waals surface area contributed by atoms with Gasteiger partial charge >= 0.3 is 0 Å². The summed E-state index contributed by atoms with van der Waals surface area (Å²) in [5, 5.41) is 8.68. The summed E-state index contributed by atoms with van der Waals surface area (Å²) in [5.41, 5.74) is 1.04. The molecule has 3 heteroatoms. The van der Waals surface area contributed by atoms with E-state index in [4.69, 9.17) is 5.26 Å². The zero-order valence-corrected chi connectivity index (χ0v) is 10.1. The molecule has 0 unspecified atom stereocenters. The van der Waals surface area contributed by atoms with Gasteiger partial charge in [-0.05, 0) is 55.2 Å². The molecule has 0 saturated heterocycles. The van der Waals surface area contributed by atoms with Crippen LogP contribution in [0.3, 0.4) is 0 Å². The normalized spacial score (nSPS) is 24.1. The van der Waals surface area contributed by atoms with Crippen molar-refractivity contribution < 1.29 is 8.78 Å². The highest BCUT2D eigenvalue weighted by Gasteiger charge is 2.21. The van der Waals surface area contributed by atoms with E-state index in [1.54, 1.807) is 6.08 Å². The smallest absolute Gasteiger partial charge is 0.141 e. The summed E-state index contributed by atoms with van der Waals surface area (Å²) >= 11 is 0. The van der Waals surface area contributed by atoms with E-state index in [2.05, 4.69) is 0 Å². The minimum atomic E-state index is -0.444. The second kappa shape index (κ2) is 5.77. The van der Waals surface area contributed by atoms with Crippen molar-refractivity contribution in [2.75, 3.05) is 0 Å². The lowest BCUT2D eigenvalue weighted by Gasteiger charge is -2.26. The van der Waals surface area contributed by atoms with Gasteiger partial charge in [-0.2, -0.15) is 5.26 Å². The van der Waals surface area contributed by atoms with E-state index < -0.39 is 5.82 Å². The molecular weight excluding hydrogens is 232 g/mol. The summed E-state index contributed by atoms with van der Waals surface area (Å²) in [4.78, 5) is 0. The summed E-state index contributed by atoms with van der Waals surface area (Å²) in [6, 6.07) is 6.66. The number of nitrogens with zero attached hydrogens (tertiary/aromatic N) is 1. The van der Waals surface area contributed by atoms with Crippen LogP contribution in [0.5, 0.6) is 0 Å². The van der Waals surface area contributed by atoms with Crippen molar-refractivity contribution in [1.82, 2.24) is 0 Å². The molecule has 1 aromatic rings. The Hall–Kier alpha value is -1.69. The Morgan fingerprint density at radius 3 is 2.50 bits per heavy atom. The molecule has 1 aliphatic rings. The second-order valence-corrected chi connectivity index (χ2v) is 4.78. The minimum Gasteiger partial charge on any atom is -0.216 e. The van der Waals surface area contributed by atoms with Gasteiger partial charge in [0.2, 0.25) is 0 Å². The molecule has 0 amide bonds. The van der Waals surface area contributed by atoms with Crippen molar-refractivity contribution in [1.29, 1.82) is 5.26 Å². The van der Waals surface area contributed by atoms with Crippen LogP contribution < -0.4 is 0 Å². The van der Waals surface area contributed by atoms with Gasteiger partial charge in [-0.3, -0.25) is 0 Å². The quantitative estimate of drug-likeness (QED) is 0.757. The molecule has 0 spiro atoms. The Kier molecular flexibility index (Phi) is 4.09. The number of allylic oxidation sites excluding steroid dienone is 1. The molecule has 1 aromatic carbocycles. The first-order valence-corrected chi connectivity index (χ1v) is 6.21. The average molecular weight is 247 g/mol. The third-order valence-electron chi connectivity index (χ3n) is 3.70. The van der Waals surface area contributed by atoms with Gasteiger partial charge in [-0.25, -0.2) is 8.78 Å². The van der Waals surface area contributed by atoms with Gasteiger partial charge in [0.05, 0.1) is 11.9 Å². The van der Waals surface area contributed by atoms with Crippen molar-refractivity contribution in [3.63, 3.8) is 0 Å². The van der Waals surface area contributed by atoms with Crippen molar-refractivity contribution >= 4 is 0 Å². The molecule has 1 saturated carbocycles. The van der Waals surface area contributed by atoms with Crippen LogP contribution in [-0.4, -0.2) is 0 Å². The van der Waals surface area contributed by atoms with Crippen LogP contribution in [0.2, 0.25) is 0 Å². The average Bonchev–Trinajstić information content (AvgIpc) is 2.40. The van der Waals surface area contributed by atoms with E-state index in [0.717, 1.165) is 31.2 Å². The second-order valence-electron chi connectivity index (χ2n) is 4.78. The fraction of sp³-hybridized carbons (Fsp3) is 0.400. The minimum absolute atomic E-state index is 0.0906. The Morgan fingerprint density at radius 2 is 1.94 bits per heavy atom. The van der Waals surface area contributed by atoms with E-state index >= 15 is 0 Å². The van der Waals surface area contributed by atoms with Crippen LogP contribution in [0, 0.1) is 23.1 Å². The highest BCUT2D eigenvalue weighted by Crippen LogP contribution is 2.36. The molecule has 94 valence electrons. The first-order chi connectivity index (χ1) is 8.74. The van der Waals surface area contributed by atoms with Gasteiger partial charge in [0.1, 0.15) is 11.9 Å². The maximum Gasteiger partial charge on any atom is 0.141 e. The van der Waals surface area contributed by atoms with Gasteiger partial charge in [0, 0.05) is 0 Å². The molecule has 0 heterocycles. The summed E-state index contributed by atoms with van der Waals surface area (Å²) in [7, 11) is 0. The SMILES string of the molecule is N#Cc1ccc([C@H]2CC[C@H](C=CF)CC2)cc1F. The summed E-state index contributed by atoms with van der Waals surface area (Å²) in [6.45, 7) is 0. The van der Waals surface area contributed by atoms with Crippen LogP contribution in [0.1, 0.15) is 42.7 Å². The third-order valence-corrected chi connectivity index (χ3v) is 3.70. The lowest BCUT2D eigenvalue weighted by Crippen LogP contribution is -2.12. The van der Waals surface area contributed by atoms with Crippen LogP contribution in [0.4, 0.5) is 8.78 Å². The van der Waals surface area contributed by atoms with Crippen LogP contribution in [0.25, 0.3) is 0 Å². The van der Waals surface area contributed by atoms with Crippen molar-refractivity contribution in [3.8, 4) is 6.07 Å². The predicted molar refractivity (Wildman–Crippen MR) is 66.1 cm³/mol. The Balaban J connectivity index is 2.06. The highest BCUT2D eigenvalue weighted by atomic mass is 19.1. The molecule has 0 N–H and O–H groups in total. The molecule has 0 atom stereocenters. The van der Waals surface area contributed by atoms with Crippen molar-refractivity contribution in [2.45, 2.75) is 31.6 Å². The topological polar surface area (TPSA) is 23.8 Å². The first kappa shape index (κ1) is 12.8. The van der Waals surface area contributed by atoms with Gasteiger partial charge in [0.15, 0.2) is 0 Å². The monoisotopic (exact) mass is 247 g/mol. The van der Waals surface area contributed by atoms with Gasteiger partial charge in [0.25, 0.3) is 0 Å². The molecule has 0 aromatic heterocycles. The largest absolute Gasteiger partial charge is 0.216 e. The molecule has 0 aliphatic heterocycles. The molecular formula is C15H15F2N. The fourth-order valence-corrected chi connectivity index (χ4v) is 2.62. The first-order valence-electron chi connectivity index (χ1n) is 6.21. The van der Waals surface area contributed by atoms with Gasteiger partial charge in [-0.15, -0.1) is 0 Å². The number of halogens is 2. The molecule has 1 fully saturated rings. The molecule has 0 bridgehead atoms. The molecule has 1 nitrogen and oxygen atoms in total. The van der Waals surface area contributed by atoms with Crippen LogP contribution in [-0.2, 0) is 0 Å². The summed E-state index contributed by atoms with van der Waals surface area (Å²) in [5.74, 6) is 0.201. The number of benzene rings is 1. The molecule has 2 rings (SSSR count). The zero-order valence-electron chi connectivity index (χ0n) is 10.1. The summed E-state index contributed by atoms with van der Waals surface area (Å²) in [6.07, 6.45) is 5.99. The molecule has 0 radical (unpaired) electrons. The Morgan fingerprint density at radius 1 is 1.22 bits per heavy atom. The Bertz CT molecular complexity index is 480. The lowest BCUT2D eigenvalue weighted by atomic mass is 9.78. The van der Waals surface area contributed by atoms with E-state index in [1.807, 2.05) is 12.1 Å². The van der Waals surface area contributed by atoms with E-state index in [9.17, 15) is 8.78 Å². The molecule has 18 heavy (non-hydrogen) atoms. The predicted octanol–water partition coefficient (Wildman–Crippen LogP) is 4.45. The van der Waals surface area contributed by atoms with Gasteiger partial charge < -0.3 is 0 Å². The maximum atomic E-state index is 13.5. The van der Waals surface area contributed by atoms with Crippen LogP contribution >= 0.6 is 0 Å². The fourth-order valence-electron chi connectivity index (χ4n) is 2.62. The van der Waals surface area contributed by atoms with E-state index in [0.29, 0.717) is 18.2 Å². The van der Waals surface area contributed by atoms with E-state index in [-0.39, 0.29) is 5.56 Å². The zero-order chi connectivity index (χ0) is 13.0. The summed E-state index contributed by atoms with van der Waals surface area (Å²) < 4.78 is 25.6. The van der Waals surface area contributed by atoms with Crippen molar-refractivity contribution in [2.24, 2.45) is 5.92 Å². The van der Waals surface area contributed by atoms with Crippen molar-refractivity contribution in [3.05, 3.63) is 47.5 Å². The lowest BCUT2D eigenvalue weighted by molar-refractivity contribution is 0.372.